The Balaban J connectivity index is 1.65. The van der Waals surface area contributed by atoms with Gasteiger partial charge in [-0.1, -0.05) is 30.3 Å². The van der Waals surface area contributed by atoms with E-state index in [1.807, 2.05) is 37.3 Å². The number of alkyl halides is 3. The van der Waals surface area contributed by atoms with Crippen LogP contribution in [0.3, 0.4) is 0 Å². The smallest absolute Gasteiger partial charge is 0.362 e. The van der Waals surface area contributed by atoms with Crippen molar-refractivity contribution in [3.63, 3.8) is 0 Å². The van der Waals surface area contributed by atoms with Crippen LogP contribution in [0.15, 0.2) is 48.5 Å². The van der Waals surface area contributed by atoms with Gasteiger partial charge >= 0.3 is 12.2 Å². The number of rotatable bonds is 4. The van der Waals surface area contributed by atoms with Gasteiger partial charge in [0.25, 0.3) is 5.69 Å². The molecule has 1 unspecified atom stereocenters. The van der Waals surface area contributed by atoms with Crippen LogP contribution in [0.1, 0.15) is 24.1 Å². The Morgan fingerprint density at radius 3 is 2.30 bits per heavy atom. The summed E-state index contributed by atoms with van der Waals surface area (Å²) in [5, 5.41) is 14.2. The number of nitro benzene ring substituents is 1. The molecule has 1 heterocycles. The van der Waals surface area contributed by atoms with Crippen LogP contribution in [0, 0.1) is 10.1 Å². The van der Waals surface area contributed by atoms with E-state index in [9.17, 15) is 28.1 Å². The Morgan fingerprint density at radius 2 is 1.73 bits per heavy atom. The van der Waals surface area contributed by atoms with Crippen LogP contribution in [-0.4, -0.2) is 42.0 Å². The average molecular weight is 422 g/mol. The fraction of sp³-hybridized carbons (Fsp3) is 0.350. The minimum Gasteiger partial charge on any atom is -0.362 e. The first-order valence-electron chi connectivity index (χ1n) is 9.38. The van der Waals surface area contributed by atoms with Gasteiger partial charge in [-0.2, -0.15) is 13.2 Å². The third kappa shape index (κ3) is 4.81. The van der Waals surface area contributed by atoms with Crippen molar-refractivity contribution in [3.05, 3.63) is 69.8 Å². The van der Waals surface area contributed by atoms with Crippen LogP contribution in [0.25, 0.3) is 0 Å². The predicted octanol–water partition coefficient (Wildman–Crippen LogP) is 4.21. The van der Waals surface area contributed by atoms with E-state index in [-0.39, 0.29) is 30.8 Å². The van der Waals surface area contributed by atoms with Gasteiger partial charge in [-0.3, -0.25) is 10.1 Å². The van der Waals surface area contributed by atoms with Gasteiger partial charge < -0.3 is 15.1 Å². The van der Waals surface area contributed by atoms with Crippen LogP contribution >= 0.6 is 0 Å². The number of hydrogen-bond acceptors (Lipinski definition) is 4. The van der Waals surface area contributed by atoms with E-state index in [4.69, 9.17) is 0 Å². The maximum Gasteiger partial charge on any atom is 0.416 e. The molecule has 1 N–H and O–H groups in total. The molecule has 1 aliphatic rings. The maximum absolute atomic E-state index is 12.9. The lowest BCUT2D eigenvalue weighted by Crippen LogP contribution is -2.52. The number of nitrogens with one attached hydrogen (secondary N) is 1. The Hall–Kier alpha value is -3.30. The number of halogens is 3. The molecular weight excluding hydrogens is 401 g/mol. The zero-order chi connectivity index (χ0) is 21.9. The molecule has 0 radical (unpaired) electrons. The number of piperazine rings is 1. The molecule has 0 saturated carbocycles. The normalized spacial score (nSPS) is 15.6. The number of nitrogens with zero attached hydrogens (tertiary/aromatic N) is 3. The molecule has 1 fully saturated rings. The van der Waals surface area contributed by atoms with Gasteiger partial charge in [0.2, 0.25) is 0 Å². The molecular formula is C20H21F3N4O3. The highest BCUT2D eigenvalue weighted by atomic mass is 19.4. The van der Waals surface area contributed by atoms with E-state index in [1.54, 1.807) is 9.80 Å². The van der Waals surface area contributed by atoms with Crippen LogP contribution in [0.2, 0.25) is 0 Å². The molecule has 3 rings (SSSR count). The first kappa shape index (κ1) is 21.4. The van der Waals surface area contributed by atoms with Gasteiger partial charge in [-0.05, 0) is 24.6 Å². The predicted molar refractivity (Wildman–Crippen MR) is 105 cm³/mol. The quantitative estimate of drug-likeness (QED) is 0.592. The Morgan fingerprint density at radius 1 is 1.10 bits per heavy atom. The fourth-order valence-electron chi connectivity index (χ4n) is 3.37. The first-order valence-corrected chi connectivity index (χ1v) is 9.38. The Kier molecular flexibility index (Phi) is 6.14. The minimum atomic E-state index is -4.66. The summed E-state index contributed by atoms with van der Waals surface area (Å²) >= 11 is 0. The highest BCUT2D eigenvalue weighted by molar-refractivity contribution is 5.75. The van der Waals surface area contributed by atoms with E-state index < -0.39 is 22.4 Å². The summed E-state index contributed by atoms with van der Waals surface area (Å²) in [6.07, 6.45) is -4.66. The van der Waals surface area contributed by atoms with Gasteiger partial charge in [0, 0.05) is 32.2 Å². The second kappa shape index (κ2) is 8.60. The molecule has 160 valence electrons. The molecule has 1 saturated heterocycles. The summed E-state index contributed by atoms with van der Waals surface area (Å²) in [4.78, 5) is 26.2. The summed E-state index contributed by atoms with van der Waals surface area (Å²) < 4.78 is 38.7. The standard InChI is InChI=1S/C20H21F3N4O3/c1-14(15-5-3-2-4-6-15)24-19(28)26-11-9-25(10-12-26)17-8-7-16(20(21,22)23)13-18(17)27(29)30/h2-8,13-14H,9-12H2,1H3,(H,24,28). The number of benzene rings is 2. The number of nitro groups is 1. The third-order valence-electron chi connectivity index (χ3n) is 5.05. The highest BCUT2D eigenvalue weighted by Crippen LogP contribution is 2.36. The summed E-state index contributed by atoms with van der Waals surface area (Å²) in [5.41, 5.74) is -0.582. The number of amides is 2. The van der Waals surface area contributed by atoms with Gasteiger partial charge in [0.15, 0.2) is 0 Å². The van der Waals surface area contributed by atoms with E-state index in [0.717, 1.165) is 17.7 Å². The SMILES string of the molecule is CC(NC(=O)N1CCN(c2ccc(C(F)(F)F)cc2[N+](=O)[O-])CC1)c1ccccc1. The molecule has 30 heavy (non-hydrogen) atoms. The molecule has 0 spiro atoms. The van der Waals surface area contributed by atoms with Gasteiger partial charge in [-0.25, -0.2) is 4.79 Å². The molecule has 2 aromatic rings. The van der Waals surface area contributed by atoms with Crippen LogP contribution in [0.5, 0.6) is 0 Å². The van der Waals surface area contributed by atoms with Crippen LogP contribution in [0.4, 0.5) is 29.3 Å². The van der Waals surface area contributed by atoms with Gasteiger partial charge in [0.05, 0.1) is 16.5 Å². The van der Waals surface area contributed by atoms with Crippen molar-refractivity contribution in [1.29, 1.82) is 0 Å². The number of urea groups is 1. The molecule has 1 aliphatic heterocycles. The van der Waals surface area contributed by atoms with Crippen LogP contribution < -0.4 is 10.2 Å². The number of hydrogen-bond donors (Lipinski definition) is 1. The van der Waals surface area contributed by atoms with Crippen molar-refractivity contribution >= 4 is 17.4 Å². The molecule has 2 amide bonds. The summed E-state index contributed by atoms with van der Waals surface area (Å²) in [5.74, 6) is 0. The number of carbonyl (C=O) groups is 1. The monoisotopic (exact) mass is 422 g/mol. The summed E-state index contributed by atoms with van der Waals surface area (Å²) in [6.45, 7) is 3.02. The molecule has 1 atom stereocenters. The van der Waals surface area contributed by atoms with Crippen molar-refractivity contribution in [3.8, 4) is 0 Å². The topological polar surface area (TPSA) is 78.7 Å². The van der Waals surface area contributed by atoms with Crippen molar-refractivity contribution in [2.75, 3.05) is 31.1 Å². The second-order valence-corrected chi connectivity index (χ2v) is 7.01. The fourth-order valence-corrected chi connectivity index (χ4v) is 3.37. The summed E-state index contributed by atoms with van der Waals surface area (Å²) in [7, 11) is 0. The minimum absolute atomic E-state index is 0.116. The van der Waals surface area contributed by atoms with E-state index in [2.05, 4.69) is 5.32 Å². The van der Waals surface area contributed by atoms with Crippen molar-refractivity contribution < 1.29 is 22.9 Å². The van der Waals surface area contributed by atoms with Gasteiger partial charge in [0.1, 0.15) is 5.69 Å². The lowest BCUT2D eigenvalue weighted by molar-refractivity contribution is -0.384. The Bertz CT molecular complexity index is 913. The summed E-state index contributed by atoms with van der Waals surface area (Å²) in [6, 6.07) is 11.5. The third-order valence-corrected chi connectivity index (χ3v) is 5.05. The van der Waals surface area contributed by atoms with Gasteiger partial charge in [-0.15, -0.1) is 0 Å². The first-order chi connectivity index (χ1) is 14.2. The van der Waals surface area contributed by atoms with E-state index in [1.165, 1.54) is 0 Å². The Labute approximate surface area is 171 Å². The zero-order valence-electron chi connectivity index (χ0n) is 16.2. The lowest BCUT2D eigenvalue weighted by Gasteiger charge is -2.36. The van der Waals surface area contributed by atoms with Crippen LogP contribution in [-0.2, 0) is 6.18 Å². The number of anilines is 1. The lowest BCUT2D eigenvalue weighted by atomic mass is 10.1. The molecule has 7 nitrogen and oxygen atoms in total. The average Bonchev–Trinajstić information content (AvgIpc) is 2.73. The van der Waals surface area contributed by atoms with Crippen molar-refractivity contribution in [1.82, 2.24) is 10.2 Å². The number of carbonyl (C=O) groups excluding carboxylic acids is 1. The molecule has 0 aromatic heterocycles. The molecule has 0 bridgehead atoms. The van der Waals surface area contributed by atoms with Crippen molar-refractivity contribution in [2.45, 2.75) is 19.1 Å². The van der Waals surface area contributed by atoms with Crippen molar-refractivity contribution in [2.24, 2.45) is 0 Å². The molecule has 2 aromatic carbocycles. The molecule has 0 aliphatic carbocycles. The van der Waals surface area contributed by atoms with E-state index in [0.29, 0.717) is 19.2 Å². The van der Waals surface area contributed by atoms with E-state index >= 15 is 0 Å². The second-order valence-electron chi connectivity index (χ2n) is 7.01. The maximum atomic E-state index is 12.9. The zero-order valence-corrected chi connectivity index (χ0v) is 16.2. The highest BCUT2D eigenvalue weighted by Gasteiger charge is 2.34. The largest absolute Gasteiger partial charge is 0.416 e. The molecule has 10 heteroatoms.